The summed E-state index contributed by atoms with van der Waals surface area (Å²) in [5.74, 6) is 0.714. The zero-order chi connectivity index (χ0) is 16.2. The van der Waals surface area contributed by atoms with Crippen molar-refractivity contribution in [2.24, 2.45) is 0 Å². The lowest BCUT2D eigenvalue weighted by atomic mass is 10.1. The fraction of sp³-hybridized carbons (Fsp3) is 0.353. The number of amides is 1. The number of ether oxygens (including phenoxy) is 1. The number of hydrogen-bond acceptors (Lipinski definition) is 4. The first-order valence-corrected chi connectivity index (χ1v) is 7.56. The summed E-state index contributed by atoms with van der Waals surface area (Å²) in [4.78, 5) is 13.9. The van der Waals surface area contributed by atoms with Gasteiger partial charge in [0.05, 0.1) is 6.10 Å². The topological polar surface area (TPSA) is 62.9 Å². The molecule has 1 saturated heterocycles. The molecule has 1 aromatic heterocycles. The number of rotatable bonds is 4. The van der Waals surface area contributed by atoms with Crippen LogP contribution in [0.5, 0.6) is 5.75 Å². The molecule has 2 aromatic rings. The van der Waals surface area contributed by atoms with Gasteiger partial charge in [-0.2, -0.15) is 0 Å². The molecule has 1 amide bonds. The molecule has 0 spiro atoms. The number of likely N-dealkylation sites (tertiary alicyclic amines) is 1. The number of β-amino-alcohol motifs (C(OH)–C–C–N with tert-alkyl or cyclic N) is 1. The predicted octanol–water partition coefficient (Wildman–Crippen LogP) is 2.59. The van der Waals surface area contributed by atoms with E-state index in [2.05, 4.69) is 0 Å². The van der Waals surface area contributed by atoms with Gasteiger partial charge in [0.2, 0.25) is 0 Å². The third-order valence-corrected chi connectivity index (χ3v) is 3.75. The van der Waals surface area contributed by atoms with E-state index >= 15 is 0 Å². The first-order chi connectivity index (χ1) is 11.1. The first-order valence-electron chi connectivity index (χ1n) is 7.56. The summed E-state index contributed by atoms with van der Waals surface area (Å²) in [7, 11) is 0. The van der Waals surface area contributed by atoms with Gasteiger partial charge in [-0.3, -0.25) is 4.79 Å². The van der Waals surface area contributed by atoms with Crippen molar-refractivity contribution in [2.45, 2.75) is 25.6 Å². The van der Waals surface area contributed by atoms with Crippen LogP contribution in [0.25, 0.3) is 0 Å². The van der Waals surface area contributed by atoms with Crippen LogP contribution in [0.3, 0.4) is 0 Å². The van der Waals surface area contributed by atoms with Crippen molar-refractivity contribution in [3.63, 3.8) is 0 Å². The Morgan fingerprint density at radius 2 is 2.09 bits per heavy atom. The minimum Gasteiger partial charge on any atom is -0.486 e. The van der Waals surface area contributed by atoms with Gasteiger partial charge in [0.15, 0.2) is 5.76 Å². The van der Waals surface area contributed by atoms with Crippen molar-refractivity contribution in [1.82, 2.24) is 4.90 Å². The van der Waals surface area contributed by atoms with Crippen LogP contribution in [0, 0.1) is 5.82 Å². The molecule has 122 valence electrons. The van der Waals surface area contributed by atoms with E-state index in [1.807, 2.05) is 0 Å². The molecule has 1 aliphatic heterocycles. The number of benzene rings is 1. The Bertz CT molecular complexity index is 667. The SMILES string of the molecule is O=C(c1ccc(COc2ccc(F)cc2)o1)N1CCC[C@H](O)C1. The van der Waals surface area contributed by atoms with Crippen LogP contribution < -0.4 is 4.74 Å². The average molecular weight is 319 g/mol. The minimum absolute atomic E-state index is 0.154. The number of aliphatic hydroxyl groups is 1. The fourth-order valence-electron chi connectivity index (χ4n) is 2.55. The van der Waals surface area contributed by atoms with Crippen LogP contribution in [0.15, 0.2) is 40.8 Å². The summed E-state index contributed by atoms with van der Waals surface area (Å²) >= 11 is 0. The lowest BCUT2D eigenvalue weighted by molar-refractivity contribution is 0.0445. The third-order valence-electron chi connectivity index (χ3n) is 3.75. The highest BCUT2D eigenvalue weighted by molar-refractivity contribution is 5.91. The van der Waals surface area contributed by atoms with Gasteiger partial charge in [-0.05, 0) is 49.2 Å². The molecule has 0 saturated carbocycles. The Morgan fingerprint density at radius 3 is 2.83 bits per heavy atom. The maximum absolute atomic E-state index is 12.8. The van der Waals surface area contributed by atoms with Crippen LogP contribution in [-0.2, 0) is 6.61 Å². The molecule has 1 aliphatic rings. The van der Waals surface area contributed by atoms with Crippen LogP contribution in [-0.4, -0.2) is 35.1 Å². The van der Waals surface area contributed by atoms with Gasteiger partial charge in [0.1, 0.15) is 23.9 Å². The van der Waals surface area contributed by atoms with Crippen LogP contribution in [0.1, 0.15) is 29.2 Å². The van der Waals surface area contributed by atoms with Gasteiger partial charge in [0.25, 0.3) is 5.91 Å². The van der Waals surface area contributed by atoms with Gasteiger partial charge in [-0.15, -0.1) is 0 Å². The number of piperidine rings is 1. The molecule has 1 N–H and O–H groups in total. The maximum atomic E-state index is 12.8. The van der Waals surface area contributed by atoms with Crippen molar-refractivity contribution in [3.05, 3.63) is 53.7 Å². The van der Waals surface area contributed by atoms with Gasteiger partial charge >= 0.3 is 0 Å². The smallest absolute Gasteiger partial charge is 0.289 e. The first kappa shape index (κ1) is 15.6. The zero-order valence-electron chi connectivity index (χ0n) is 12.6. The van der Waals surface area contributed by atoms with E-state index in [4.69, 9.17) is 9.15 Å². The lowest BCUT2D eigenvalue weighted by Crippen LogP contribution is -2.42. The number of carbonyl (C=O) groups excluding carboxylic acids is 1. The van der Waals surface area contributed by atoms with E-state index < -0.39 is 6.10 Å². The molecular weight excluding hydrogens is 301 g/mol. The van der Waals surface area contributed by atoms with Crippen molar-refractivity contribution in [2.75, 3.05) is 13.1 Å². The second-order valence-electron chi connectivity index (χ2n) is 5.56. The number of hydrogen-bond donors (Lipinski definition) is 1. The highest BCUT2D eigenvalue weighted by atomic mass is 19.1. The van der Waals surface area contributed by atoms with Crippen molar-refractivity contribution >= 4 is 5.91 Å². The number of carbonyl (C=O) groups is 1. The van der Waals surface area contributed by atoms with E-state index in [0.29, 0.717) is 24.6 Å². The number of furan rings is 1. The molecule has 1 aromatic carbocycles. The fourth-order valence-corrected chi connectivity index (χ4v) is 2.55. The second-order valence-corrected chi connectivity index (χ2v) is 5.56. The number of aliphatic hydroxyl groups excluding tert-OH is 1. The van der Waals surface area contributed by atoms with Crippen molar-refractivity contribution < 1.29 is 23.4 Å². The Hall–Kier alpha value is -2.34. The zero-order valence-corrected chi connectivity index (χ0v) is 12.6. The Balaban J connectivity index is 1.59. The summed E-state index contributed by atoms with van der Waals surface area (Å²) in [6.07, 6.45) is 1.04. The molecule has 6 heteroatoms. The molecule has 2 heterocycles. The Kier molecular flexibility index (Phi) is 4.62. The molecule has 0 bridgehead atoms. The predicted molar refractivity (Wildman–Crippen MR) is 80.6 cm³/mol. The van der Waals surface area contributed by atoms with Gasteiger partial charge in [-0.25, -0.2) is 4.39 Å². The highest BCUT2D eigenvalue weighted by Gasteiger charge is 2.25. The summed E-state index contributed by atoms with van der Waals surface area (Å²) in [6, 6.07) is 8.96. The summed E-state index contributed by atoms with van der Waals surface area (Å²) in [5.41, 5.74) is 0. The van der Waals surface area contributed by atoms with E-state index in [1.165, 1.54) is 24.3 Å². The molecular formula is C17H18FNO4. The molecule has 5 nitrogen and oxygen atoms in total. The Labute approximate surface area is 133 Å². The quantitative estimate of drug-likeness (QED) is 0.941. The van der Waals surface area contributed by atoms with Gasteiger partial charge in [0, 0.05) is 13.1 Å². The molecule has 0 unspecified atom stereocenters. The number of nitrogens with zero attached hydrogens (tertiary/aromatic N) is 1. The molecule has 1 atom stereocenters. The molecule has 1 fully saturated rings. The lowest BCUT2D eigenvalue weighted by Gasteiger charge is -2.29. The van der Waals surface area contributed by atoms with E-state index in [9.17, 15) is 14.3 Å². The second kappa shape index (κ2) is 6.83. The van der Waals surface area contributed by atoms with Crippen molar-refractivity contribution in [1.29, 1.82) is 0 Å². The molecule has 0 radical (unpaired) electrons. The normalized spacial score (nSPS) is 18.0. The van der Waals surface area contributed by atoms with Crippen LogP contribution >= 0.6 is 0 Å². The van der Waals surface area contributed by atoms with Crippen LogP contribution in [0.4, 0.5) is 4.39 Å². The van der Waals surface area contributed by atoms with Gasteiger partial charge in [-0.1, -0.05) is 0 Å². The summed E-state index contributed by atoms with van der Waals surface area (Å²) in [6.45, 7) is 1.11. The maximum Gasteiger partial charge on any atom is 0.289 e. The minimum atomic E-state index is -0.469. The van der Waals surface area contributed by atoms with E-state index in [1.54, 1.807) is 17.0 Å². The third kappa shape index (κ3) is 3.90. The standard InChI is InChI=1S/C17H18FNO4/c18-12-3-5-14(6-4-12)22-11-15-7-8-16(23-15)17(21)19-9-1-2-13(20)10-19/h3-8,13,20H,1-2,9-11H2/t13-/m0/s1. The number of halogens is 1. The molecule has 0 aliphatic carbocycles. The Morgan fingerprint density at radius 1 is 1.30 bits per heavy atom. The average Bonchev–Trinajstić information content (AvgIpc) is 3.02. The largest absolute Gasteiger partial charge is 0.486 e. The summed E-state index contributed by atoms with van der Waals surface area (Å²) in [5, 5.41) is 9.64. The molecule has 23 heavy (non-hydrogen) atoms. The molecule has 3 rings (SSSR count). The van der Waals surface area contributed by atoms with Gasteiger partial charge < -0.3 is 19.2 Å². The monoisotopic (exact) mass is 319 g/mol. The van der Waals surface area contributed by atoms with Crippen molar-refractivity contribution in [3.8, 4) is 5.75 Å². The van der Waals surface area contributed by atoms with Crippen LogP contribution in [0.2, 0.25) is 0 Å². The highest BCUT2D eigenvalue weighted by Crippen LogP contribution is 2.18. The summed E-state index contributed by atoms with van der Waals surface area (Å²) < 4.78 is 23.8. The van der Waals surface area contributed by atoms with E-state index in [0.717, 1.165) is 12.8 Å². The van der Waals surface area contributed by atoms with E-state index in [-0.39, 0.29) is 24.1 Å².